The minimum atomic E-state index is -4.45. The van der Waals surface area contributed by atoms with E-state index in [1.54, 1.807) is 0 Å². The lowest BCUT2D eigenvalue weighted by atomic mass is 10.2. The molecule has 12 heavy (non-hydrogen) atoms. The molecule has 0 aliphatic carbocycles. The lowest BCUT2D eigenvalue weighted by Gasteiger charge is -2.06. The molecule has 1 rings (SSSR count). The molecule has 0 atom stereocenters. The Morgan fingerprint density at radius 3 is 2.33 bits per heavy atom. The van der Waals surface area contributed by atoms with E-state index in [0.29, 0.717) is 6.20 Å². The summed E-state index contributed by atoms with van der Waals surface area (Å²) in [5, 5.41) is 0. The van der Waals surface area contributed by atoms with Gasteiger partial charge < -0.3 is 0 Å². The van der Waals surface area contributed by atoms with E-state index in [2.05, 4.69) is 4.98 Å². The number of aromatic nitrogens is 1. The highest BCUT2D eigenvalue weighted by atomic mass is 19.4. The van der Waals surface area contributed by atoms with Crippen LogP contribution in [0, 0.1) is 12.9 Å². The molecule has 0 N–H and O–H groups in total. The van der Waals surface area contributed by atoms with Gasteiger partial charge in [-0.15, -0.1) is 0 Å². The number of alkyl halides is 3. The molecule has 1 aromatic rings. The normalized spacial score (nSPS) is 11.8. The quantitative estimate of drug-likeness (QED) is 0.440. The largest absolute Gasteiger partial charge is 0.417 e. The molecule has 1 aromatic heterocycles. The van der Waals surface area contributed by atoms with Crippen molar-refractivity contribution in [3.05, 3.63) is 29.3 Å². The molecule has 0 radical (unpaired) electrons. The van der Waals surface area contributed by atoms with Crippen LogP contribution >= 0.6 is 0 Å². The molecule has 0 aliphatic rings. The van der Waals surface area contributed by atoms with Crippen LogP contribution in [0.4, 0.5) is 17.6 Å². The lowest BCUT2D eigenvalue weighted by molar-refractivity contribution is -0.137. The first-order chi connectivity index (χ1) is 5.41. The Balaban J connectivity index is 3.14. The molecule has 0 fully saturated rings. The fraction of sp³-hybridized carbons (Fsp3) is 0.286. The zero-order chi connectivity index (χ0) is 9.35. The molecule has 0 aromatic carbocycles. The van der Waals surface area contributed by atoms with Crippen LogP contribution in [-0.2, 0) is 6.18 Å². The minimum Gasteiger partial charge on any atom is -0.227 e. The Morgan fingerprint density at radius 2 is 1.92 bits per heavy atom. The molecule has 0 bridgehead atoms. The predicted molar refractivity (Wildman–Crippen MR) is 33.9 cm³/mol. The highest BCUT2D eigenvalue weighted by Crippen LogP contribution is 2.29. The van der Waals surface area contributed by atoms with Crippen molar-refractivity contribution in [1.82, 2.24) is 4.98 Å². The number of nitrogens with zero attached hydrogens (tertiary/aromatic N) is 1. The maximum atomic E-state index is 12.4. The van der Waals surface area contributed by atoms with Crippen molar-refractivity contribution in [1.29, 1.82) is 0 Å². The number of hydrogen-bond donors (Lipinski definition) is 0. The van der Waals surface area contributed by atoms with Gasteiger partial charge in [-0.2, -0.15) is 17.6 Å². The van der Waals surface area contributed by atoms with E-state index in [1.807, 2.05) is 0 Å². The van der Waals surface area contributed by atoms with Gasteiger partial charge in [-0.1, -0.05) is 0 Å². The number of aryl methyl sites for hydroxylation is 1. The van der Waals surface area contributed by atoms with Crippen molar-refractivity contribution >= 4 is 0 Å². The predicted octanol–water partition coefficient (Wildman–Crippen LogP) is 2.55. The van der Waals surface area contributed by atoms with Gasteiger partial charge in [-0.25, -0.2) is 4.98 Å². The number of hydrogen-bond acceptors (Lipinski definition) is 1. The van der Waals surface area contributed by atoms with E-state index in [-0.39, 0.29) is 5.56 Å². The zero-order valence-corrected chi connectivity index (χ0v) is 6.11. The van der Waals surface area contributed by atoms with Gasteiger partial charge in [0.25, 0.3) is 0 Å². The van der Waals surface area contributed by atoms with Crippen molar-refractivity contribution < 1.29 is 17.6 Å². The Bertz CT molecular complexity index is 292. The summed E-state index contributed by atoms with van der Waals surface area (Å²) in [7, 11) is 0. The SMILES string of the molecule is Cc1cc(C(F)(F)F)cnc1F. The second kappa shape index (κ2) is 2.73. The average Bonchev–Trinajstić information content (AvgIpc) is 1.92. The first kappa shape index (κ1) is 8.96. The fourth-order valence-corrected chi connectivity index (χ4v) is 0.713. The number of halogens is 4. The van der Waals surface area contributed by atoms with E-state index >= 15 is 0 Å². The van der Waals surface area contributed by atoms with E-state index in [1.165, 1.54) is 6.92 Å². The summed E-state index contributed by atoms with van der Waals surface area (Å²) in [6, 6.07) is 0.725. The van der Waals surface area contributed by atoms with Crippen LogP contribution in [0.25, 0.3) is 0 Å². The van der Waals surface area contributed by atoms with Crippen molar-refractivity contribution in [2.24, 2.45) is 0 Å². The first-order valence-corrected chi connectivity index (χ1v) is 3.10. The molecule has 0 aliphatic heterocycles. The highest BCUT2D eigenvalue weighted by molar-refractivity contribution is 5.20. The third-order valence-corrected chi connectivity index (χ3v) is 1.34. The van der Waals surface area contributed by atoms with E-state index < -0.39 is 17.7 Å². The van der Waals surface area contributed by atoms with Crippen molar-refractivity contribution in [2.75, 3.05) is 0 Å². The summed E-state index contributed by atoms with van der Waals surface area (Å²) >= 11 is 0. The molecule has 0 saturated carbocycles. The summed E-state index contributed by atoms with van der Waals surface area (Å²) in [5.41, 5.74) is -1.04. The maximum absolute atomic E-state index is 12.4. The maximum Gasteiger partial charge on any atom is 0.417 e. The van der Waals surface area contributed by atoms with Crippen LogP contribution in [0.15, 0.2) is 12.3 Å². The van der Waals surface area contributed by atoms with Gasteiger partial charge in [0.1, 0.15) is 0 Å². The molecular weight excluding hydrogens is 174 g/mol. The second-order valence-corrected chi connectivity index (χ2v) is 2.33. The molecule has 5 heteroatoms. The Kier molecular flexibility index (Phi) is 2.04. The standard InChI is InChI=1S/C7H5F4N/c1-4-2-5(7(9,10)11)3-12-6(4)8/h2-3H,1H3. The van der Waals surface area contributed by atoms with Gasteiger partial charge in [0.2, 0.25) is 5.95 Å². The molecule has 0 saturated heterocycles. The molecule has 66 valence electrons. The van der Waals surface area contributed by atoms with Crippen LogP contribution in [0.1, 0.15) is 11.1 Å². The molecule has 0 unspecified atom stereocenters. The van der Waals surface area contributed by atoms with Crippen molar-refractivity contribution in [2.45, 2.75) is 13.1 Å². The van der Waals surface area contributed by atoms with Crippen molar-refractivity contribution in [3.63, 3.8) is 0 Å². The average molecular weight is 179 g/mol. The van der Waals surface area contributed by atoms with Crippen LogP contribution in [0.2, 0.25) is 0 Å². The number of rotatable bonds is 0. The summed E-state index contributed by atoms with van der Waals surface area (Å²) in [6.07, 6.45) is -3.98. The van der Waals surface area contributed by atoms with Gasteiger partial charge in [0, 0.05) is 11.8 Å². The second-order valence-electron chi connectivity index (χ2n) is 2.33. The van der Waals surface area contributed by atoms with E-state index in [4.69, 9.17) is 0 Å². The number of pyridine rings is 1. The topological polar surface area (TPSA) is 12.9 Å². The van der Waals surface area contributed by atoms with Gasteiger partial charge in [0.15, 0.2) is 0 Å². The monoisotopic (exact) mass is 179 g/mol. The van der Waals surface area contributed by atoms with Crippen LogP contribution in [0.3, 0.4) is 0 Å². The third kappa shape index (κ3) is 1.72. The van der Waals surface area contributed by atoms with Crippen LogP contribution in [0.5, 0.6) is 0 Å². The third-order valence-electron chi connectivity index (χ3n) is 1.34. The zero-order valence-electron chi connectivity index (χ0n) is 6.11. The first-order valence-electron chi connectivity index (χ1n) is 3.10. The molecule has 1 heterocycles. The van der Waals surface area contributed by atoms with E-state index in [9.17, 15) is 17.6 Å². The van der Waals surface area contributed by atoms with Crippen LogP contribution < -0.4 is 0 Å². The van der Waals surface area contributed by atoms with Gasteiger partial charge >= 0.3 is 6.18 Å². The van der Waals surface area contributed by atoms with Crippen LogP contribution in [-0.4, -0.2) is 4.98 Å². The Hall–Kier alpha value is -1.13. The van der Waals surface area contributed by atoms with E-state index in [0.717, 1.165) is 6.07 Å². The molecule has 0 spiro atoms. The van der Waals surface area contributed by atoms with Gasteiger partial charge in [0.05, 0.1) is 5.56 Å². The lowest BCUT2D eigenvalue weighted by Crippen LogP contribution is -2.06. The summed E-state index contributed by atoms with van der Waals surface area (Å²) in [6.45, 7) is 1.23. The fourth-order valence-electron chi connectivity index (χ4n) is 0.713. The summed E-state index contributed by atoms with van der Waals surface area (Å²) in [5.74, 6) is -0.872. The van der Waals surface area contributed by atoms with Crippen molar-refractivity contribution in [3.8, 4) is 0 Å². The minimum absolute atomic E-state index is 0.107. The Labute approximate surface area is 66.0 Å². The highest BCUT2D eigenvalue weighted by Gasteiger charge is 2.31. The molecule has 0 amide bonds. The molecular formula is C7H5F4N. The summed E-state index contributed by atoms with van der Waals surface area (Å²) < 4.78 is 48.2. The smallest absolute Gasteiger partial charge is 0.227 e. The van der Waals surface area contributed by atoms with Gasteiger partial charge in [-0.05, 0) is 13.0 Å². The van der Waals surface area contributed by atoms with Gasteiger partial charge in [-0.3, -0.25) is 0 Å². The Morgan fingerprint density at radius 1 is 1.33 bits per heavy atom. The summed E-state index contributed by atoms with van der Waals surface area (Å²) in [4.78, 5) is 2.96. The molecule has 1 nitrogen and oxygen atoms in total.